The molecule has 0 unspecified atom stereocenters. The predicted molar refractivity (Wildman–Crippen MR) is 113 cm³/mol. The molecular formula is C26H34O4. The Morgan fingerprint density at radius 3 is 2.63 bits per heavy atom. The summed E-state index contributed by atoms with van der Waals surface area (Å²) in [4.78, 5) is 12.8. The number of hydrogen-bond donors (Lipinski definition) is 1. The van der Waals surface area contributed by atoms with Crippen LogP contribution in [0.5, 0.6) is 11.5 Å². The molecule has 1 N–H and O–H groups in total. The van der Waals surface area contributed by atoms with Gasteiger partial charge in [-0.2, -0.15) is 0 Å². The van der Waals surface area contributed by atoms with E-state index in [1.807, 2.05) is 12.1 Å². The van der Waals surface area contributed by atoms with Crippen molar-refractivity contribution in [1.82, 2.24) is 0 Å². The third-order valence-electron chi connectivity index (χ3n) is 10.5. The highest BCUT2D eigenvalue weighted by Crippen LogP contribution is 2.72. The third kappa shape index (κ3) is 2.16. The molecule has 0 aromatic heterocycles. The van der Waals surface area contributed by atoms with Gasteiger partial charge in [-0.3, -0.25) is 4.79 Å². The lowest BCUT2D eigenvalue weighted by Gasteiger charge is -2.70. The van der Waals surface area contributed by atoms with Crippen LogP contribution in [0.3, 0.4) is 0 Å². The minimum absolute atomic E-state index is 0.0532. The molecule has 4 nitrogen and oxygen atoms in total. The Kier molecular flexibility index (Phi) is 3.64. The van der Waals surface area contributed by atoms with Crippen molar-refractivity contribution < 1.29 is 19.4 Å². The zero-order valence-corrected chi connectivity index (χ0v) is 18.5. The molecule has 6 rings (SSSR count). The van der Waals surface area contributed by atoms with Gasteiger partial charge in [-0.1, -0.05) is 13.3 Å². The SMILES string of the molecule is C[C@@]12CC[C@@H]3[C@]4(CCC[C@@]3(C)C(=O)OC4)[C@H]1CC[C@]1(C)Oc3ccc(O)cc3C[C@@H]21. The Hall–Kier alpha value is -1.71. The van der Waals surface area contributed by atoms with Gasteiger partial charge in [-0.25, -0.2) is 0 Å². The van der Waals surface area contributed by atoms with Crippen LogP contribution in [-0.4, -0.2) is 23.3 Å². The van der Waals surface area contributed by atoms with Crippen LogP contribution in [0, 0.1) is 34.0 Å². The molecule has 4 heteroatoms. The van der Waals surface area contributed by atoms with Crippen LogP contribution in [0.15, 0.2) is 18.2 Å². The molecule has 0 radical (unpaired) electrons. The van der Waals surface area contributed by atoms with Gasteiger partial charge in [0.05, 0.1) is 12.0 Å². The van der Waals surface area contributed by atoms with Gasteiger partial charge in [-0.15, -0.1) is 0 Å². The van der Waals surface area contributed by atoms with E-state index in [1.165, 1.54) is 6.42 Å². The van der Waals surface area contributed by atoms with Crippen molar-refractivity contribution in [3.63, 3.8) is 0 Å². The van der Waals surface area contributed by atoms with Crippen LogP contribution in [0.4, 0.5) is 0 Å². The molecule has 3 saturated carbocycles. The van der Waals surface area contributed by atoms with Gasteiger partial charge in [0.1, 0.15) is 17.1 Å². The second-order valence-corrected chi connectivity index (χ2v) is 11.7. The van der Waals surface area contributed by atoms with Crippen molar-refractivity contribution in [1.29, 1.82) is 0 Å². The van der Waals surface area contributed by atoms with E-state index in [4.69, 9.17) is 9.47 Å². The number of phenols is 1. The fourth-order valence-corrected chi connectivity index (χ4v) is 9.16. The molecule has 5 aliphatic rings. The Morgan fingerprint density at radius 1 is 1.00 bits per heavy atom. The number of ether oxygens (including phenoxy) is 2. The lowest BCUT2D eigenvalue weighted by molar-refractivity contribution is -0.255. The lowest BCUT2D eigenvalue weighted by Crippen LogP contribution is -2.69. The number of carbonyl (C=O) groups is 1. The zero-order valence-electron chi connectivity index (χ0n) is 18.5. The van der Waals surface area contributed by atoms with Gasteiger partial charge in [0, 0.05) is 11.3 Å². The molecule has 3 aliphatic carbocycles. The van der Waals surface area contributed by atoms with E-state index < -0.39 is 0 Å². The minimum Gasteiger partial charge on any atom is -0.508 e. The van der Waals surface area contributed by atoms with Crippen LogP contribution in [0.2, 0.25) is 0 Å². The van der Waals surface area contributed by atoms with E-state index in [0.29, 0.717) is 30.1 Å². The summed E-state index contributed by atoms with van der Waals surface area (Å²) in [7, 11) is 0. The number of hydrogen-bond acceptors (Lipinski definition) is 4. The number of cyclic esters (lactones) is 1. The highest BCUT2D eigenvalue weighted by Gasteiger charge is 2.70. The molecule has 2 aliphatic heterocycles. The van der Waals surface area contributed by atoms with Crippen molar-refractivity contribution >= 4 is 5.97 Å². The smallest absolute Gasteiger partial charge is 0.312 e. The van der Waals surface area contributed by atoms with Gasteiger partial charge in [0.2, 0.25) is 0 Å². The fraction of sp³-hybridized carbons (Fsp3) is 0.731. The number of carbonyl (C=O) groups excluding carboxylic acids is 1. The number of benzene rings is 1. The summed E-state index contributed by atoms with van der Waals surface area (Å²) >= 11 is 0. The van der Waals surface area contributed by atoms with Crippen LogP contribution in [-0.2, 0) is 16.0 Å². The van der Waals surface area contributed by atoms with Gasteiger partial charge >= 0.3 is 5.97 Å². The summed E-state index contributed by atoms with van der Waals surface area (Å²) in [5.74, 6) is 2.76. The van der Waals surface area contributed by atoms with E-state index in [1.54, 1.807) is 6.07 Å². The molecule has 2 bridgehead atoms. The zero-order chi connectivity index (χ0) is 20.9. The standard InChI is InChI=1S/C26H34O4/c1-23-11-7-20-24(2)9-4-10-26(20,15-29-22(24)28)19(23)8-12-25(3)21(23)14-16-13-17(27)5-6-18(16)30-25/h5-6,13,19-21,27H,4,7-12,14-15H2,1-3H3/t19-,20-,21-,23+,24+,25-,26-/m0/s1. The summed E-state index contributed by atoms with van der Waals surface area (Å²) < 4.78 is 12.6. The number of phenolic OH excluding ortho intramolecular Hbond substituents is 1. The van der Waals surface area contributed by atoms with Crippen molar-refractivity contribution in [2.24, 2.45) is 34.0 Å². The first-order valence-electron chi connectivity index (χ1n) is 11.9. The Morgan fingerprint density at radius 2 is 1.80 bits per heavy atom. The second-order valence-electron chi connectivity index (χ2n) is 11.7. The number of rotatable bonds is 0. The fourth-order valence-electron chi connectivity index (χ4n) is 9.16. The molecular weight excluding hydrogens is 376 g/mol. The number of esters is 1. The molecule has 2 heterocycles. The van der Waals surface area contributed by atoms with Crippen molar-refractivity contribution in [2.75, 3.05) is 6.61 Å². The van der Waals surface area contributed by atoms with E-state index >= 15 is 0 Å². The highest BCUT2D eigenvalue weighted by molar-refractivity contribution is 5.78. The van der Waals surface area contributed by atoms with Gasteiger partial charge in [0.15, 0.2) is 0 Å². The van der Waals surface area contributed by atoms with Crippen molar-refractivity contribution in [2.45, 2.75) is 77.7 Å². The van der Waals surface area contributed by atoms with E-state index in [2.05, 4.69) is 20.8 Å². The van der Waals surface area contributed by atoms with E-state index in [-0.39, 0.29) is 27.8 Å². The molecule has 1 saturated heterocycles. The lowest BCUT2D eigenvalue weighted by atomic mass is 9.36. The molecule has 4 fully saturated rings. The summed E-state index contributed by atoms with van der Waals surface area (Å²) in [6.07, 6.45) is 8.77. The topological polar surface area (TPSA) is 55.8 Å². The third-order valence-corrected chi connectivity index (χ3v) is 10.5. The van der Waals surface area contributed by atoms with Crippen molar-refractivity contribution in [3.8, 4) is 11.5 Å². The first-order valence-corrected chi connectivity index (χ1v) is 11.9. The largest absolute Gasteiger partial charge is 0.508 e. The average Bonchev–Trinajstić information content (AvgIpc) is 2.70. The van der Waals surface area contributed by atoms with E-state index in [0.717, 1.165) is 56.3 Å². The second kappa shape index (κ2) is 5.75. The molecule has 7 atom stereocenters. The van der Waals surface area contributed by atoms with Gasteiger partial charge in [-0.05, 0) is 99.8 Å². The summed E-state index contributed by atoms with van der Waals surface area (Å²) in [6, 6.07) is 5.56. The number of fused-ring (bicyclic) bond motifs is 4. The predicted octanol–water partition coefficient (Wildman–Crippen LogP) is 5.26. The highest BCUT2D eigenvalue weighted by atomic mass is 16.5. The van der Waals surface area contributed by atoms with Crippen LogP contribution < -0.4 is 4.74 Å². The Labute approximate surface area is 179 Å². The molecule has 1 aromatic carbocycles. The van der Waals surface area contributed by atoms with Gasteiger partial charge < -0.3 is 14.6 Å². The van der Waals surface area contributed by atoms with Gasteiger partial charge in [0.25, 0.3) is 0 Å². The Bertz CT molecular complexity index is 926. The molecule has 0 amide bonds. The molecule has 162 valence electrons. The van der Waals surface area contributed by atoms with Crippen LogP contribution >= 0.6 is 0 Å². The quantitative estimate of drug-likeness (QED) is 0.593. The van der Waals surface area contributed by atoms with Crippen LogP contribution in [0.1, 0.15) is 71.3 Å². The molecule has 0 spiro atoms. The minimum atomic E-state index is -0.292. The first kappa shape index (κ1) is 19.0. The van der Waals surface area contributed by atoms with E-state index in [9.17, 15) is 9.90 Å². The first-order chi connectivity index (χ1) is 14.2. The maximum atomic E-state index is 12.8. The summed E-state index contributed by atoms with van der Waals surface area (Å²) in [6.45, 7) is 7.62. The maximum absolute atomic E-state index is 12.8. The summed E-state index contributed by atoms with van der Waals surface area (Å²) in [5.41, 5.74) is 0.980. The maximum Gasteiger partial charge on any atom is 0.312 e. The normalized spacial score (nSPS) is 48.9. The molecule has 1 aromatic rings. The Balaban J connectivity index is 1.43. The van der Waals surface area contributed by atoms with Crippen LogP contribution in [0.25, 0.3) is 0 Å². The summed E-state index contributed by atoms with van der Waals surface area (Å²) in [5, 5.41) is 10.1. The van der Waals surface area contributed by atoms with Crippen molar-refractivity contribution in [3.05, 3.63) is 23.8 Å². The molecule has 30 heavy (non-hydrogen) atoms. The monoisotopic (exact) mass is 410 g/mol. The number of aromatic hydroxyl groups is 1. The average molecular weight is 411 g/mol.